The third-order valence-corrected chi connectivity index (χ3v) is 7.02. The smallest absolute Gasteiger partial charge is 0.113 e. The fourth-order valence-corrected chi connectivity index (χ4v) is 5.20. The van der Waals surface area contributed by atoms with E-state index in [0.717, 1.165) is 21.0 Å². The van der Waals surface area contributed by atoms with Crippen LogP contribution in [0.15, 0.2) is 41.2 Å². The standard InChI is InChI=1S/C21H23NO5S2/c1-11-2-3-12(21-20(26)19(25)18(24)15(9-23)27-21)6-14(11)7-17-22-8-16(29-17)13-4-5-28-10-13/h2-6,8,10,15,18-21,23-26H,7,9H2,1H3/t15?,18?,19?,20?,21-/m0/s1. The SMILES string of the molecule is Cc1ccc([C@@H]2OC(CO)C(O)C(O)C2O)cc1Cc1ncc(-c2ccsc2)s1. The van der Waals surface area contributed by atoms with Crippen molar-refractivity contribution in [2.45, 2.75) is 43.9 Å². The number of aliphatic hydroxyl groups excluding tert-OH is 4. The zero-order valence-corrected chi connectivity index (χ0v) is 17.4. The van der Waals surface area contributed by atoms with Crippen molar-refractivity contribution >= 4 is 22.7 Å². The zero-order chi connectivity index (χ0) is 20.5. The number of hydrogen-bond acceptors (Lipinski definition) is 8. The molecule has 3 aromatic rings. The first kappa shape index (κ1) is 20.6. The number of thiophene rings is 1. The van der Waals surface area contributed by atoms with Gasteiger partial charge in [0.1, 0.15) is 30.5 Å². The molecule has 154 valence electrons. The second kappa shape index (κ2) is 8.61. The van der Waals surface area contributed by atoms with Gasteiger partial charge in [-0.1, -0.05) is 18.2 Å². The van der Waals surface area contributed by atoms with Gasteiger partial charge in [-0.05, 0) is 40.4 Å². The summed E-state index contributed by atoms with van der Waals surface area (Å²) >= 11 is 3.31. The molecule has 0 amide bonds. The molecule has 5 atom stereocenters. The molecule has 29 heavy (non-hydrogen) atoms. The van der Waals surface area contributed by atoms with E-state index in [0.29, 0.717) is 12.0 Å². The normalized spacial score (nSPS) is 27.3. The molecule has 4 unspecified atom stereocenters. The van der Waals surface area contributed by atoms with Gasteiger partial charge >= 0.3 is 0 Å². The van der Waals surface area contributed by atoms with Crippen LogP contribution >= 0.6 is 22.7 Å². The van der Waals surface area contributed by atoms with E-state index in [1.54, 1.807) is 22.7 Å². The highest BCUT2D eigenvalue weighted by atomic mass is 32.1. The number of rotatable bonds is 5. The van der Waals surface area contributed by atoms with Crippen LogP contribution in [0.5, 0.6) is 0 Å². The molecule has 0 aliphatic carbocycles. The van der Waals surface area contributed by atoms with Crippen molar-refractivity contribution in [3.05, 3.63) is 62.9 Å². The molecule has 0 spiro atoms. The first-order valence-corrected chi connectivity index (χ1v) is 11.1. The second-order valence-corrected chi connectivity index (χ2v) is 9.14. The largest absolute Gasteiger partial charge is 0.394 e. The van der Waals surface area contributed by atoms with Gasteiger partial charge in [0, 0.05) is 18.2 Å². The van der Waals surface area contributed by atoms with Crippen LogP contribution in [-0.4, -0.2) is 56.4 Å². The summed E-state index contributed by atoms with van der Waals surface area (Å²) in [6.07, 6.45) is -3.25. The molecule has 8 heteroatoms. The Hall–Kier alpha value is -1.65. The summed E-state index contributed by atoms with van der Waals surface area (Å²) in [6, 6.07) is 7.80. The summed E-state index contributed by atoms with van der Waals surface area (Å²) in [5.41, 5.74) is 4.00. The number of benzene rings is 1. The van der Waals surface area contributed by atoms with Gasteiger partial charge in [-0.25, -0.2) is 4.98 Å². The van der Waals surface area contributed by atoms with E-state index in [4.69, 9.17) is 4.74 Å². The maximum atomic E-state index is 10.4. The van der Waals surface area contributed by atoms with E-state index >= 15 is 0 Å². The van der Waals surface area contributed by atoms with E-state index in [1.165, 1.54) is 5.56 Å². The average molecular weight is 434 g/mol. The van der Waals surface area contributed by atoms with E-state index in [9.17, 15) is 20.4 Å². The van der Waals surface area contributed by atoms with E-state index < -0.39 is 37.1 Å². The van der Waals surface area contributed by atoms with Gasteiger partial charge in [0.2, 0.25) is 0 Å². The van der Waals surface area contributed by atoms with Crippen molar-refractivity contribution in [3.8, 4) is 10.4 Å². The first-order chi connectivity index (χ1) is 14.0. The van der Waals surface area contributed by atoms with Crippen LogP contribution in [0.25, 0.3) is 10.4 Å². The molecule has 0 bridgehead atoms. The van der Waals surface area contributed by atoms with Gasteiger partial charge in [0.05, 0.1) is 16.5 Å². The number of thiazole rings is 1. The number of ether oxygens (including phenoxy) is 1. The Bertz CT molecular complexity index is 956. The van der Waals surface area contributed by atoms with Crippen LogP contribution in [0.2, 0.25) is 0 Å². The molecule has 3 heterocycles. The molecule has 1 aliphatic rings. The predicted molar refractivity (Wildman–Crippen MR) is 112 cm³/mol. The molecule has 6 nitrogen and oxygen atoms in total. The van der Waals surface area contributed by atoms with Crippen LogP contribution in [-0.2, 0) is 11.2 Å². The summed E-state index contributed by atoms with van der Waals surface area (Å²) in [5.74, 6) is 0. The molecule has 4 N–H and O–H groups in total. The molecule has 4 rings (SSSR count). The maximum Gasteiger partial charge on any atom is 0.113 e. The fourth-order valence-electron chi connectivity index (χ4n) is 3.53. The Morgan fingerprint density at radius 1 is 1.10 bits per heavy atom. The topological polar surface area (TPSA) is 103 Å². The molecule has 0 saturated carbocycles. The summed E-state index contributed by atoms with van der Waals surface area (Å²) in [5, 5.41) is 45.0. The van der Waals surface area contributed by atoms with Gasteiger partial charge in [0.25, 0.3) is 0 Å². The quantitative estimate of drug-likeness (QED) is 0.492. The van der Waals surface area contributed by atoms with Crippen LogP contribution in [0.4, 0.5) is 0 Å². The second-order valence-electron chi connectivity index (χ2n) is 7.24. The molecule has 1 aromatic carbocycles. The summed E-state index contributed by atoms with van der Waals surface area (Å²) in [4.78, 5) is 5.68. The van der Waals surface area contributed by atoms with Crippen molar-refractivity contribution in [1.29, 1.82) is 0 Å². The molecule has 0 radical (unpaired) electrons. The van der Waals surface area contributed by atoms with E-state index in [2.05, 4.69) is 16.4 Å². The molecule has 1 aliphatic heterocycles. The number of aliphatic hydroxyl groups is 4. The van der Waals surface area contributed by atoms with Gasteiger partial charge in [-0.15, -0.1) is 11.3 Å². The lowest BCUT2D eigenvalue weighted by molar-refractivity contribution is -0.231. The molecule has 1 saturated heterocycles. The van der Waals surface area contributed by atoms with Crippen LogP contribution in [0, 0.1) is 6.92 Å². The molecule has 2 aromatic heterocycles. The lowest BCUT2D eigenvalue weighted by atomic mass is 9.89. The summed E-state index contributed by atoms with van der Waals surface area (Å²) < 4.78 is 5.69. The Labute approximate surface area is 176 Å². The van der Waals surface area contributed by atoms with Crippen molar-refractivity contribution in [3.63, 3.8) is 0 Å². The monoisotopic (exact) mass is 433 g/mol. The van der Waals surface area contributed by atoms with Crippen LogP contribution in [0.1, 0.15) is 27.8 Å². The van der Waals surface area contributed by atoms with Crippen molar-refractivity contribution in [2.75, 3.05) is 6.61 Å². The van der Waals surface area contributed by atoms with Gasteiger partial charge in [-0.2, -0.15) is 11.3 Å². The Balaban J connectivity index is 1.58. The Kier molecular flexibility index (Phi) is 6.12. The minimum absolute atomic E-state index is 0.440. The average Bonchev–Trinajstić information content (AvgIpc) is 3.40. The lowest BCUT2D eigenvalue weighted by Gasteiger charge is -2.40. The van der Waals surface area contributed by atoms with E-state index in [-0.39, 0.29) is 0 Å². The number of nitrogens with zero attached hydrogens (tertiary/aromatic N) is 1. The minimum atomic E-state index is -1.39. The third kappa shape index (κ3) is 4.15. The van der Waals surface area contributed by atoms with Crippen molar-refractivity contribution in [1.82, 2.24) is 4.98 Å². The minimum Gasteiger partial charge on any atom is -0.394 e. The number of hydrogen-bond donors (Lipinski definition) is 4. The predicted octanol–water partition coefficient (Wildman–Crippen LogP) is 2.29. The molecular weight excluding hydrogens is 410 g/mol. The highest BCUT2D eigenvalue weighted by Gasteiger charge is 2.43. The van der Waals surface area contributed by atoms with Crippen LogP contribution in [0.3, 0.4) is 0 Å². The summed E-state index contributed by atoms with van der Waals surface area (Å²) in [6.45, 7) is 1.57. The zero-order valence-electron chi connectivity index (χ0n) is 15.8. The number of aromatic nitrogens is 1. The highest BCUT2D eigenvalue weighted by molar-refractivity contribution is 7.15. The molecular formula is C21H23NO5S2. The van der Waals surface area contributed by atoms with Crippen molar-refractivity contribution in [2.24, 2.45) is 0 Å². The van der Waals surface area contributed by atoms with Gasteiger partial charge in [0.15, 0.2) is 0 Å². The lowest BCUT2D eigenvalue weighted by Crippen LogP contribution is -2.55. The Morgan fingerprint density at radius 2 is 1.93 bits per heavy atom. The van der Waals surface area contributed by atoms with Gasteiger partial charge < -0.3 is 25.2 Å². The maximum absolute atomic E-state index is 10.4. The Morgan fingerprint density at radius 3 is 2.66 bits per heavy atom. The first-order valence-electron chi connectivity index (χ1n) is 9.35. The van der Waals surface area contributed by atoms with Crippen molar-refractivity contribution < 1.29 is 25.2 Å². The fraction of sp³-hybridized carbons (Fsp3) is 0.381. The number of aryl methyl sites for hydroxylation is 1. The van der Waals surface area contributed by atoms with Gasteiger partial charge in [-0.3, -0.25) is 0 Å². The summed E-state index contributed by atoms with van der Waals surface area (Å²) in [7, 11) is 0. The van der Waals surface area contributed by atoms with Crippen LogP contribution < -0.4 is 0 Å². The highest BCUT2D eigenvalue weighted by Crippen LogP contribution is 2.34. The molecule has 1 fully saturated rings. The van der Waals surface area contributed by atoms with E-state index in [1.807, 2.05) is 36.7 Å². The third-order valence-electron chi connectivity index (χ3n) is 5.29.